The van der Waals surface area contributed by atoms with E-state index in [1.54, 1.807) is 0 Å². The number of carbonyl (C=O) groups is 1. The van der Waals surface area contributed by atoms with Gasteiger partial charge in [0, 0.05) is 45.2 Å². The van der Waals surface area contributed by atoms with Crippen LogP contribution in [0.5, 0.6) is 0 Å². The molecule has 4 aromatic rings. The third kappa shape index (κ3) is 4.48. The molecule has 2 aromatic heterocycles. The summed E-state index contributed by atoms with van der Waals surface area (Å²) in [5.74, 6) is -0.705. The molecule has 2 heterocycles. The number of nitrogens with zero attached hydrogens (tertiary/aromatic N) is 2. The van der Waals surface area contributed by atoms with Gasteiger partial charge >= 0.3 is 5.97 Å². The fourth-order valence-electron chi connectivity index (χ4n) is 3.78. The van der Waals surface area contributed by atoms with Crippen molar-refractivity contribution in [2.45, 2.75) is 32.2 Å². The monoisotopic (exact) mass is 540 g/mol. The Hall–Kier alpha value is -1.54. The Morgan fingerprint density at radius 3 is 1.81 bits per heavy atom. The number of hydrogen-bond acceptors (Lipinski definition) is 1. The van der Waals surface area contributed by atoms with Crippen LogP contribution in [0.1, 0.15) is 25.7 Å². The summed E-state index contributed by atoms with van der Waals surface area (Å²) in [7, 11) is 2.06. The second-order valence-electron chi connectivity index (χ2n) is 6.86. The summed E-state index contributed by atoms with van der Waals surface area (Å²) < 4.78 is 4.35. The standard InChI is InChI=1S/C21H21N2O2.BrH.HI/c1-22-11-15-6-8-17-13-23(10-4-2-3-5-19(24)25)14-18-9-7-16(12-22)20(15)21(17)18;;/h6-9,11-14H,2-5,10H2,1H3;2*1H/q+1;;/p-1. The van der Waals surface area contributed by atoms with Crippen molar-refractivity contribution in [3.05, 3.63) is 49.1 Å². The lowest BCUT2D eigenvalue weighted by atomic mass is 9.97. The highest BCUT2D eigenvalue weighted by atomic mass is 127. The number of benzene rings is 2. The quantitative estimate of drug-likeness (QED) is 0.126. The largest absolute Gasteiger partial charge is 1.00 e. The Balaban J connectivity index is 0.00000131. The second kappa shape index (κ2) is 9.10. The molecule has 0 atom stereocenters. The third-order valence-electron chi connectivity index (χ3n) is 4.89. The van der Waals surface area contributed by atoms with Crippen molar-refractivity contribution in [1.29, 1.82) is 0 Å². The zero-order valence-corrected chi connectivity index (χ0v) is 18.9. The van der Waals surface area contributed by atoms with Gasteiger partial charge in [-0.25, -0.2) is 9.13 Å². The first-order chi connectivity index (χ1) is 12.1. The molecule has 27 heavy (non-hydrogen) atoms. The number of rotatable bonds is 6. The molecule has 0 bridgehead atoms. The van der Waals surface area contributed by atoms with E-state index in [4.69, 9.17) is 5.11 Å². The van der Waals surface area contributed by atoms with Crippen molar-refractivity contribution in [3.63, 3.8) is 0 Å². The normalized spacial score (nSPS) is 10.9. The molecule has 6 heteroatoms. The number of unbranched alkanes of at least 4 members (excludes halogenated alkanes) is 2. The van der Waals surface area contributed by atoms with Gasteiger partial charge in [0.1, 0.15) is 13.6 Å². The van der Waals surface area contributed by atoms with Crippen molar-refractivity contribution >= 4 is 38.3 Å². The van der Waals surface area contributed by atoms with Gasteiger partial charge in [-0.1, -0.05) is 0 Å². The molecule has 1 N–H and O–H groups in total. The van der Waals surface area contributed by atoms with Gasteiger partial charge in [0.2, 0.25) is 0 Å². The smallest absolute Gasteiger partial charge is 0.303 e. The van der Waals surface area contributed by atoms with Gasteiger partial charge in [0.25, 0.3) is 0 Å². The van der Waals surface area contributed by atoms with Gasteiger partial charge in [-0.15, -0.1) is 0 Å². The summed E-state index contributed by atoms with van der Waals surface area (Å²) in [4.78, 5) is 10.6. The summed E-state index contributed by atoms with van der Waals surface area (Å²) in [5.41, 5.74) is 0. The van der Waals surface area contributed by atoms with Gasteiger partial charge in [0.15, 0.2) is 24.8 Å². The highest BCUT2D eigenvalue weighted by molar-refractivity contribution is 6.21. The molecule has 0 amide bonds. The number of aryl methyl sites for hydroxylation is 2. The predicted molar refractivity (Wildman–Crippen MR) is 97.6 cm³/mol. The van der Waals surface area contributed by atoms with Crippen LogP contribution in [0.2, 0.25) is 0 Å². The van der Waals surface area contributed by atoms with Crippen LogP contribution in [0.3, 0.4) is 0 Å². The molecule has 4 rings (SSSR count). The molecular formula is C21H22BrIN2O2. The van der Waals surface area contributed by atoms with Crippen molar-refractivity contribution in [2.75, 3.05) is 0 Å². The molecule has 0 aliphatic carbocycles. The summed E-state index contributed by atoms with van der Waals surface area (Å²) >= 11 is 0. The van der Waals surface area contributed by atoms with Crippen LogP contribution < -0.4 is 50.1 Å². The SMILES string of the molecule is C[n+]1cc2ccc3c[n+](CCCCCC(=O)O)cc4ccc(c1)c2c34.[Br-].[I-]. The number of aliphatic carboxylic acids is 1. The maximum atomic E-state index is 10.6. The summed E-state index contributed by atoms with van der Waals surface area (Å²) in [6.45, 7) is 0.922. The topological polar surface area (TPSA) is 45.1 Å². The van der Waals surface area contributed by atoms with Crippen molar-refractivity contribution in [2.24, 2.45) is 7.05 Å². The molecular weight excluding hydrogens is 519 g/mol. The first-order valence-electron chi connectivity index (χ1n) is 8.80. The van der Waals surface area contributed by atoms with E-state index in [2.05, 4.69) is 65.2 Å². The molecule has 0 radical (unpaired) electrons. The molecule has 0 aliphatic heterocycles. The van der Waals surface area contributed by atoms with E-state index in [0.29, 0.717) is 0 Å². The predicted octanol–water partition coefficient (Wildman–Crippen LogP) is -2.65. The van der Waals surface area contributed by atoms with E-state index in [-0.39, 0.29) is 47.4 Å². The number of carboxylic acids is 1. The lowest BCUT2D eigenvalue weighted by Crippen LogP contribution is -3.00. The Kier molecular flexibility index (Phi) is 7.33. The molecule has 0 unspecified atom stereocenters. The lowest BCUT2D eigenvalue weighted by molar-refractivity contribution is -0.695. The fourth-order valence-corrected chi connectivity index (χ4v) is 3.78. The molecule has 0 saturated carbocycles. The average Bonchev–Trinajstić information content (AvgIpc) is 2.58. The van der Waals surface area contributed by atoms with Crippen molar-refractivity contribution < 1.29 is 60.0 Å². The molecule has 0 spiro atoms. The van der Waals surface area contributed by atoms with Crippen LogP contribution in [-0.4, -0.2) is 11.1 Å². The van der Waals surface area contributed by atoms with Crippen LogP contribution >= 0.6 is 0 Å². The van der Waals surface area contributed by atoms with Crippen LogP contribution in [0, 0.1) is 0 Å². The number of aromatic nitrogens is 2. The van der Waals surface area contributed by atoms with E-state index >= 15 is 0 Å². The summed E-state index contributed by atoms with van der Waals surface area (Å²) in [6.07, 6.45) is 11.7. The molecule has 0 aliphatic rings. The minimum absolute atomic E-state index is 0. The lowest BCUT2D eigenvalue weighted by Gasteiger charge is -2.08. The number of halogens is 2. The number of carboxylic acid groups (broad SMARTS) is 1. The summed E-state index contributed by atoms with van der Waals surface area (Å²) in [5, 5.41) is 16.4. The Bertz CT molecular complexity index is 1020. The zero-order chi connectivity index (χ0) is 17.4. The molecule has 0 fully saturated rings. The maximum Gasteiger partial charge on any atom is 0.303 e. The van der Waals surface area contributed by atoms with Crippen molar-refractivity contribution in [3.8, 4) is 0 Å². The fraction of sp³-hybridized carbons (Fsp3) is 0.286. The first-order valence-corrected chi connectivity index (χ1v) is 8.80. The minimum Gasteiger partial charge on any atom is -1.00 e. The Morgan fingerprint density at radius 2 is 1.33 bits per heavy atom. The minimum atomic E-state index is -0.705. The number of hydrogen-bond donors (Lipinski definition) is 1. The third-order valence-corrected chi connectivity index (χ3v) is 4.89. The van der Waals surface area contributed by atoms with Gasteiger partial charge in [-0.3, -0.25) is 4.79 Å². The highest BCUT2D eigenvalue weighted by Crippen LogP contribution is 2.32. The molecule has 142 valence electrons. The average molecular weight is 541 g/mol. The molecule has 2 aromatic carbocycles. The van der Waals surface area contributed by atoms with E-state index in [0.717, 1.165) is 25.8 Å². The zero-order valence-electron chi connectivity index (χ0n) is 15.2. The summed E-state index contributed by atoms with van der Waals surface area (Å²) in [6, 6.07) is 8.79. The highest BCUT2D eigenvalue weighted by Gasteiger charge is 2.15. The first kappa shape index (κ1) is 21.8. The van der Waals surface area contributed by atoms with Crippen LogP contribution in [0.15, 0.2) is 49.1 Å². The van der Waals surface area contributed by atoms with Crippen LogP contribution in [-0.2, 0) is 18.4 Å². The van der Waals surface area contributed by atoms with E-state index < -0.39 is 5.97 Å². The Labute approximate surface area is 185 Å². The molecule has 0 saturated heterocycles. The van der Waals surface area contributed by atoms with Gasteiger partial charge < -0.3 is 46.1 Å². The Morgan fingerprint density at radius 1 is 0.852 bits per heavy atom. The van der Waals surface area contributed by atoms with E-state index in [9.17, 15) is 4.79 Å². The van der Waals surface area contributed by atoms with Gasteiger partial charge in [-0.05, 0) is 37.1 Å². The van der Waals surface area contributed by atoms with Gasteiger partial charge in [0.05, 0.1) is 0 Å². The van der Waals surface area contributed by atoms with E-state index in [1.807, 2.05) is 0 Å². The number of pyridine rings is 2. The van der Waals surface area contributed by atoms with Gasteiger partial charge in [-0.2, -0.15) is 0 Å². The second-order valence-corrected chi connectivity index (χ2v) is 6.86. The van der Waals surface area contributed by atoms with Crippen LogP contribution in [0.4, 0.5) is 0 Å². The molecule has 4 nitrogen and oxygen atoms in total. The maximum absolute atomic E-state index is 10.6. The van der Waals surface area contributed by atoms with E-state index in [1.165, 1.54) is 32.3 Å². The van der Waals surface area contributed by atoms with Crippen LogP contribution in [0.25, 0.3) is 32.3 Å². The van der Waals surface area contributed by atoms with Crippen molar-refractivity contribution in [1.82, 2.24) is 0 Å².